The maximum atomic E-state index is 4.42. The minimum Gasteiger partial charge on any atom is -0.366 e. The number of nitrogens with zero attached hydrogens (tertiary/aromatic N) is 3. The predicted octanol–water partition coefficient (Wildman–Crippen LogP) is 1.67. The van der Waals surface area contributed by atoms with E-state index >= 15 is 0 Å². The molecule has 0 aliphatic heterocycles. The zero-order valence-corrected chi connectivity index (χ0v) is 10.6. The van der Waals surface area contributed by atoms with Gasteiger partial charge >= 0.3 is 0 Å². The Morgan fingerprint density at radius 2 is 1.94 bits per heavy atom. The molecule has 0 bridgehead atoms. The van der Waals surface area contributed by atoms with E-state index in [4.69, 9.17) is 0 Å². The fourth-order valence-corrected chi connectivity index (χ4v) is 2.69. The van der Waals surface area contributed by atoms with Crippen LogP contribution in [0.3, 0.4) is 0 Å². The van der Waals surface area contributed by atoms with E-state index in [-0.39, 0.29) is 0 Å². The van der Waals surface area contributed by atoms with Crippen LogP contribution in [-0.2, 0) is 0 Å². The molecule has 3 rings (SSSR count). The van der Waals surface area contributed by atoms with Gasteiger partial charge in [-0.3, -0.25) is 0 Å². The Kier molecular flexibility index (Phi) is 3.15. The van der Waals surface area contributed by atoms with Crippen molar-refractivity contribution in [3.8, 4) is 0 Å². The molecule has 1 aliphatic rings. The molecule has 1 saturated carbocycles. The molecule has 0 aromatic carbocycles. The van der Waals surface area contributed by atoms with E-state index in [1.165, 1.54) is 25.7 Å². The fourth-order valence-electron chi connectivity index (χ4n) is 2.69. The summed E-state index contributed by atoms with van der Waals surface area (Å²) >= 11 is 0. The van der Waals surface area contributed by atoms with Gasteiger partial charge in [-0.1, -0.05) is 0 Å². The van der Waals surface area contributed by atoms with Gasteiger partial charge < -0.3 is 10.6 Å². The van der Waals surface area contributed by atoms with Crippen LogP contribution >= 0.6 is 0 Å². The van der Waals surface area contributed by atoms with E-state index < -0.39 is 0 Å². The maximum absolute atomic E-state index is 4.42. The van der Waals surface area contributed by atoms with Gasteiger partial charge in [0.15, 0.2) is 5.82 Å². The summed E-state index contributed by atoms with van der Waals surface area (Å²) in [6.45, 7) is 0. The highest BCUT2D eigenvalue weighted by molar-refractivity contribution is 5.67. The van der Waals surface area contributed by atoms with Gasteiger partial charge in [0.1, 0.15) is 5.52 Å². The van der Waals surface area contributed by atoms with Crippen LogP contribution < -0.4 is 10.6 Å². The lowest BCUT2D eigenvalue weighted by Gasteiger charge is -2.29. The molecule has 2 aromatic heterocycles. The van der Waals surface area contributed by atoms with E-state index in [2.05, 4.69) is 20.7 Å². The van der Waals surface area contributed by atoms with Crippen LogP contribution in [0.1, 0.15) is 25.7 Å². The third-order valence-corrected chi connectivity index (χ3v) is 3.80. The highest BCUT2D eigenvalue weighted by Crippen LogP contribution is 2.23. The second kappa shape index (κ2) is 4.94. The van der Waals surface area contributed by atoms with Crippen molar-refractivity contribution in [2.75, 3.05) is 12.4 Å². The summed E-state index contributed by atoms with van der Waals surface area (Å²) in [5.74, 6) is 0.947. The van der Waals surface area contributed by atoms with Crippen molar-refractivity contribution in [1.82, 2.24) is 19.9 Å². The normalized spacial score (nSPS) is 24.3. The first-order valence-corrected chi connectivity index (χ1v) is 6.59. The summed E-state index contributed by atoms with van der Waals surface area (Å²) in [4.78, 5) is 4.42. The van der Waals surface area contributed by atoms with Crippen molar-refractivity contribution in [3.05, 3.63) is 24.7 Å². The topological polar surface area (TPSA) is 54.2 Å². The molecular formula is C13H19N5. The Morgan fingerprint density at radius 3 is 2.72 bits per heavy atom. The first-order chi connectivity index (χ1) is 8.86. The molecule has 1 aliphatic carbocycles. The molecule has 0 spiro atoms. The average molecular weight is 245 g/mol. The van der Waals surface area contributed by atoms with Crippen LogP contribution in [0.25, 0.3) is 5.52 Å². The minimum absolute atomic E-state index is 0.531. The second-order valence-corrected chi connectivity index (χ2v) is 4.92. The molecule has 5 nitrogen and oxygen atoms in total. The van der Waals surface area contributed by atoms with E-state index in [0.29, 0.717) is 12.1 Å². The molecule has 1 fully saturated rings. The first-order valence-electron chi connectivity index (χ1n) is 6.59. The van der Waals surface area contributed by atoms with Crippen LogP contribution in [0.2, 0.25) is 0 Å². The highest BCUT2D eigenvalue weighted by atomic mass is 15.2. The van der Waals surface area contributed by atoms with Crippen LogP contribution in [0.15, 0.2) is 24.7 Å². The van der Waals surface area contributed by atoms with E-state index in [0.717, 1.165) is 11.3 Å². The van der Waals surface area contributed by atoms with Crippen LogP contribution in [0.4, 0.5) is 5.82 Å². The Hall–Kier alpha value is -1.62. The number of nitrogens with one attached hydrogen (secondary N) is 2. The van der Waals surface area contributed by atoms with Gasteiger partial charge in [0.2, 0.25) is 0 Å². The van der Waals surface area contributed by atoms with Gasteiger partial charge in [-0.15, -0.1) is 0 Å². The quantitative estimate of drug-likeness (QED) is 0.863. The predicted molar refractivity (Wildman–Crippen MR) is 71.7 cm³/mol. The molecule has 18 heavy (non-hydrogen) atoms. The molecule has 5 heteroatoms. The van der Waals surface area contributed by atoms with Gasteiger partial charge in [-0.05, 0) is 38.8 Å². The van der Waals surface area contributed by atoms with Gasteiger partial charge in [-0.2, -0.15) is 5.10 Å². The zero-order valence-electron chi connectivity index (χ0n) is 10.6. The lowest BCUT2D eigenvalue weighted by Crippen LogP contribution is -2.35. The zero-order chi connectivity index (χ0) is 12.4. The van der Waals surface area contributed by atoms with Gasteiger partial charge in [0, 0.05) is 24.5 Å². The maximum Gasteiger partial charge on any atom is 0.152 e. The Balaban J connectivity index is 1.71. The monoisotopic (exact) mass is 245 g/mol. The third-order valence-electron chi connectivity index (χ3n) is 3.80. The highest BCUT2D eigenvalue weighted by Gasteiger charge is 2.20. The molecule has 0 radical (unpaired) electrons. The molecule has 2 heterocycles. The Morgan fingerprint density at radius 1 is 1.17 bits per heavy atom. The molecule has 2 N–H and O–H groups in total. The summed E-state index contributed by atoms with van der Waals surface area (Å²) in [6, 6.07) is 3.21. The molecule has 0 atom stereocenters. The van der Waals surface area contributed by atoms with E-state index in [1.807, 2.05) is 23.8 Å². The molecule has 2 aromatic rings. The number of fused-ring (bicyclic) bond motifs is 1. The lowest BCUT2D eigenvalue weighted by atomic mass is 9.91. The van der Waals surface area contributed by atoms with Crippen LogP contribution in [0.5, 0.6) is 0 Å². The van der Waals surface area contributed by atoms with Crippen LogP contribution in [-0.4, -0.2) is 33.7 Å². The third kappa shape index (κ3) is 2.18. The second-order valence-electron chi connectivity index (χ2n) is 4.92. The summed E-state index contributed by atoms with van der Waals surface area (Å²) in [5, 5.41) is 11.1. The van der Waals surface area contributed by atoms with Gasteiger partial charge in [-0.25, -0.2) is 9.50 Å². The van der Waals surface area contributed by atoms with Crippen molar-refractivity contribution in [2.45, 2.75) is 37.8 Å². The number of aromatic nitrogens is 3. The smallest absolute Gasteiger partial charge is 0.152 e. The van der Waals surface area contributed by atoms with Crippen molar-refractivity contribution < 1.29 is 0 Å². The first kappa shape index (κ1) is 11.5. The molecule has 0 amide bonds. The number of rotatable bonds is 3. The summed E-state index contributed by atoms with van der Waals surface area (Å²) in [6.07, 6.45) is 10.3. The van der Waals surface area contributed by atoms with Crippen molar-refractivity contribution >= 4 is 11.3 Å². The van der Waals surface area contributed by atoms with Gasteiger partial charge in [0.05, 0.1) is 6.20 Å². The standard InChI is InChI=1S/C13H19N5/c1-14-10-2-4-11(5-3-10)17-13-12-6-7-16-18(12)9-8-15-13/h6-11,14H,2-5H2,1H3,(H,15,17). The molecular weight excluding hydrogens is 226 g/mol. The van der Waals surface area contributed by atoms with Crippen LogP contribution in [0, 0.1) is 0 Å². The largest absolute Gasteiger partial charge is 0.366 e. The summed E-state index contributed by atoms with van der Waals surface area (Å²) < 4.78 is 1.86. The number of hydrogen-bond acceptors (Lipinski definition) is 4. The molecule has 96 valence electrons. The number of anilines is 1. The summed E-state index contributed by atoms with van der Waals surface area (Å²) in [7, 11) is 2.05. The lowest BCUT2D eigenvalue weighted by molar-refractivity contribution is 0.371. The average Bonchev–Trinajstić information content (AvgIpc) is 2.89. The van der Waals surface area contributed by atoms with Gasteiger partial charge in [0.25, 0.3) is 0 Å². The van der Waals surface area contributed by atoms with E-state index in [1.54, 1.807) is 12.4 Å². The minimum atomic E-state index is 0.531. The number of hydrogen-bond donors (Lipinski definition) is 2. The Bertz CT molecular complexity index is 513. The van der Waals surface area contributed by atoms with Crippen molar-refractivity contribution in [2.24, 2.45) is 0 Å². The van der Waals surface area contributed by atoms with E-state index in [9.17, 15) is 0 Å². The van der Waals surface area contributed by atoms with Crippen molar-refractivity contribution in [3.63, 3.8) is 0 Å². The SMILES string of the molecule is CNC1CCC(Nc2nccn3nccc23)CC1. The van der Waals surface area contributed by atoms with Crippen molar-refractivity contribution in [1.29, 1.82) is 0 Å². The molecule has 0 saturated heterocycles. The fraction of sp³-hybridized carbons (Fsp3) is 0.538. The summed E-state index contributed by atoms with van der Waals surface area (Å²) in [5.41, 5.74) is 1.05. The Labute approximate surface area is 107 Å². The molecule has 0 unspecified atom stereocenters.